The average Bonchev–Trinajstić information content (AvgIpc) is 3.73. The molecule has 4 aromatic heterocycles. The SMILES string of the molecule is O=c1c2cc(F)cnc2n(-c2cc(-c3ccccc3CN3CC[C@H](O)C3)ccc2O)c(=O)n1C1CCC(NCc2cn3cc(F)ccc3n2)CC1. The zero-order chi connectivity index (χ0) is 35.2. The maximum Gasteiger partial charge on any atom is 0.337 e. The lowest BCUT2D eigenvalue weighted by Gasteiger charge is -2.30. The minimum Gasteiger partial charge on any atom is -0.506 e. The molecular weight excluding hydrogens is 656 g/mol. The van der Waals surface area contributed by atoms with E-state index in [2.05, 4.69) is 20.2 Å². The molecule has 51 heavy (non-hydrogen) atoms. The van der Waals surface area contributed by atoms with E-state index in [1.807, 2.05) is 24.3 Å². The van der Waals surface area contributed by atoms with Crippen molar-refractivity contribution in [3.8, 4) is 22.6 Å². The van der Waals surface area contributed by atoms with Crippen molar-refractivity contribution in [2.75, 3.05) is 13.1 Å². The number of β-amino-alcohol motifs (C(OH)–C–C–N with tert-alkyl or cyclic N) is 1. The third kappa shape index (κ3) is 6.44. The summed E-state index contributed by atoms with van der Waals surface area (Å²) in [6, 6.07) is 16.6. The molecular formula is C38H37F2N7O4. The molecule has 1 saturated heterocycles. The first kappa shape index (κ1) is 32.9. The molecule has 2 aliphatic rings. The summed E-state index contributed by atoms with van der Waals surface area (Å²) >= 11 is 0. The molecule has 2 fully saturated rings. The smallest absolute Gasteiger partial charge is 0.337 e. The Balaban J connectivity index is 1.10. The molecule has 0 amide bonds. The number of halogens is 2. The van der Waals surface area contributed by atoms with E-state index in [9.17, 15) is 28.6 Å². The van der Waals surface area contributed by atoms with Crippen LogP contribution in [0.15, 0.2) is 88.8 Å². The van der Waals surface area contributed by atoms with Gasteiger partial charge in [-0.05, 0) is 79.1 Å². The van der Waals surface area contributed by atoms with Crippen LogP contribution in [0.5, 0.6) is 5.75 Å². The van der Waals surface area contributed by atoms with Crippen LogP contribution in [0.2, 0.25) is 0 Å². The van der Waals surface area contributed by atoms with Gasteiger partial charge in [-0.25, -0.2) is 28.1 Å². The minimum atomic E-state index is -0.710. The van der Waals surface area contributed by atoms with Crippen molar-refractivity contribution in [2.45, 2.75) is 63.4 Å². The van der Waals surface area contributed by atoms with Crippen LogP contribution in [0.25, 0.3) is 33.5 Å². The lowest BCUT2D eigenvalue weighted by Crippen LogP contribution is -2.44. The van der Waals surface area contributed by atoms with E-state index in [1.165, 1.54) is 27.5 Å². The topological polar surface area (TPSA) is 130 Å². The highest BCUT2D eigenvalue weighted by atomic mass is 19.1. The lowest BCUT2D eigenvalue weighted by atomic mass is 9.91. The molecule has 1 saturated carbocycles. The van der Waals surface area contributed by atoms with Crippen LogP contribution in [-0.2, 0) is 13.1 Å². The Kier molecular flexibility index (Phi) is 8.70. The Labute approximate surface area is 291 Å². The molecule has 2 aromatic carbocycles. The van der Waals surface area contributed by atoms with Gasteiger partial charge in [0, 0.05) is 50.7 Å². The number of imidazole rings is 1. The highest BCUT2D eigenvalue weighted by molar-refractivity contribution is 5.78. The standard InChI is InChI=1S/C38H37F2N7O4/c39-25-6-12-35-43-28(21-45(35)20-25)18-41-27-7-9-29(10-8-27)46-37(50)32-16-26(40)17-42-36(32)47(38(46)51)33-15-23(5-11-34(33)49)31-4-2-1-3-24(31)19-44-14-13-30(48)22-44/h1-6,11-12,15-17,20-21,27,29-30,41,48-49H,7-10,13-14,18-19,22H2/t27?,29?,30-/m0/s1. The van der Waals surface area contributed by atoms with E-state index in [0.717, 1.165) is 47.6 Å². The van der Waals surface area contributed by atoms with Crippen molar-refractivity contribution < 1.29 is 19.0 Å². The lowest BCUT2D eigenvalue weighted by molar-refractivity contribution is 0.175. The second kappa shape index (κ2) is 13.5. The predicted octanol–water partition coefficient (Wildman–Crippen LogP) is 4.69. The molecule has 0 radical (unpaired) electrons. The third-order valence-corrected chi connectivity index (χ3v) is 10.2. The van der Waals surface area contributed by atoms with Gasteiger partial charge in [0.05, 0.1) is 29.1 Å². The second-order valence-electron chi connectivity index (χ2n) is 13.6. The minimum absolute atomic E-state index is 0.0443. The van der Waals surface area contributed by atoms with Crippen LogP contribution in [0.1, 0.15) is 49.4 Å². The Morgan fingerprint density at radius 2 is 1.75 bits per heavy atom. The fraction of sp³-hybridized carbons (Fsp3) is 0.316. The number of nitrogens with zero attached hydrogens (tertiary/aromatic N) is 6. The van der Waals surface area contributed by atoms with Crippen molar-refractivity contribution in [1.82, 2.24) is 33.7 Å². The first-order valence-electron chi connectivity index (χ1n) is 17.2. The summed E-state index contributed by atoms with van der Waals surface area (Å²) in [7, 11) is 0. The number of aliphatic hydroxyl groups is 1. The van der Waals surface area contributed by atoms with E-state index in [4.69, 9.17) is 0 Å². The number of phenolic OH excluding ortho intramolecular Hbond substituents is 1. The highest BCUT2D eigenvalue weighted by Crippen LogP contribution is 2.33. The molecule has 8 rings (SSSR count). The van der Waals surface area contributed by atoms with E-state index in [-0.39, 0.29) is 40.4 Å². The molecule has 1 aliphatic carbocycles. The van der Waals surface area contributed by atoms with Gasteiger partial charge in [-0.15, -0.1) is 0 Å². The molecule has 1 atom stereocenters. The zero-order valence-corrected chi connectivity index (χ0v) is 27.8. The van der Waals surface area contributed by atoms with Crippen molar-refractivity contribution >= 4 is 16.7 Å². The van der Waals surface area contributed by atoms with Gasteiger partial charge in [0.15, 0.2) is 5.65 Å². The Hall–Kier alpha value is -5.24. The Morgan fingerprint density at radius 3 is 2.55 bits per heavy atom. The predicted molar refractivity (Wildman–Crippen MR) is 188 cm³/mol. The monoisotopic (exact) mass is 693 g/mol. The van der Waals surface area contributed by atoms with Gasteiger partial charge >= 0.3 is 5.69 Å². The van der Waals surface area contributed by atoms with Gasteiger partial charge in [0.25, 0.3) is 5.56 Å². The number of aliphatic hydroxyl groups excluding tert-OH is 1. The summed E-state index contributed by atoms with van der Waals surface area (Å²) in [6.07, 6.45) is 6.85. The molecule has 6 aromatic rings. The van der Waals surface area contributed by atoms with Crippen LogP contribution in [-0.4, -0.2) is 63.9 Å². The van der Waals surface area contributed by atoms with Gasteiger partial charge in [0.1, 0.15) is 23.0 Å². The number of phenols is 1. The molecule has 0 unspecified atom stereocenters. The van der Waals surface area contributed by atoms with Crippen molar-refractivity contribution in [3.63, 3.8) is 0 Å². The number of hydrogen-bond acceptors (Lipinski definition) is 8. The summed E-state index contributed by atoms with van der Waals surface area (Å²) in [5.74, 6) is -1.25. The summed E-state index contributed by atoms with van der Waals surface area (Å²) in [4.78, 5) is 39.2. The quantitative estimate of drug-likeness (QED) is 0.210. The van der Waals surface area contributed by atoms with Crippen LogP contribution >= 0.6 is 0 Å². The Morgan fingerprint density at radius 1 is 0.922 bits per heavy atom. The molecule has 3 N–H and O–H groups in total. The normalized spacial score (nSPS) is 19.7. The third-order valence-electron chi connectivity index (χ3n) is 10.2. The van der Waals surface area contributed by atoms with E-state index < -0.39 is 23.1 Å². The van der Waals surface area contributed by atoms with Gasteiger partial charge in [-0.2, -0.15) is 0 Å². The van der Waals surface area contributed by atoms with Crippen LogP contribution in [0.4, 0.5) is 8.78 Å². The number of rotatable bonds is 8. The average molecular weight is 694 g/mol. The number of fused-ring (bicyclic) bond motifs is 2. The van der Waals surface area contributed by atoms with Gasteiger partial charge in [-0.1, -0.05) is 30.3 Å². The van der Waals surface area contributed by atoms with E-state index >= 15 is 0 Å². The number of benzene rings is 2. The molecule has 0 bridgehead atoms. The molecule has 13 heteroatoms. The molecule has 5 heterocycles. The molecule has 1 aliphatic heterocycles. The number of aromatic nitrogens is 5. The van der Waals surface area contributed by atoms with Crippen molar-refractivity contribution in [1.29, 1.82) is 0 Å². The molecule has 262 valence electrons. The number of nitrogens with one attached hydrogen (secondary N) is 1. The van der Waals surface area contributed by atoms with Crippen LogP contribution in [0.3, 0.4) is 0 Å². The van der Waals surface area contributed by atoms with Gasteiger partial charge in [0.2, 0.25) is 0 Å². The first-order valence-corrected chi connectivity index (χ1v) is 17.2. The number of hydrogen-bond donors (Lipinski definition) is 3. The summed E-state index contributed by atoms with van der Waals surface area (Å²) in [5, 5.41) is 24.7. The maximum absolute atomic E-state index is 14.6. The number of pyridine rings is 2. The van der Waals surface area contributed by atoms with Crippen LogP contribution < -0.4 is 16.6 Å². The number of aromatic hydroxyl groups is 1. The summed E-state index contributed by atoms with van der Waals surface area (Å²) < 4.78 is 32.3. The fourth-order valence-electron chi connectivity index (χ4n) is 7.62. The van der Waals surface area contributed by atoms with Crippen molar-refractivity contribution in [3.05, 3.63) is 123 Å². The zero-order valence-electron chi connectivity index (χ0n) is 27.8. The van der Waals surface area contributed by atoms with E-state index in [0.29, 0.717) is 51.0 Å². The Bertz CT molecular complexity index is 2380. The first-order chi connectivity index (χ1) is 24.7. The van der Waals surface area contributed by atoms with Gasteiger partial charge < -0.3 is 19.9 Å². The fourth-order valence-corrected chi connectivity index (χ4v) is 7.62. The van der Waals surface area contributed by atoms with Crippen LogP contribution in [0, 0.1) is 11.6 Å². The maximum atomic E-state index is 14.6. The summed E-state index contributed by atoms with van der Waals surface area (Å²) in [6.45, 7) is 2.46. The van der Waals surface area contributed by atoms with Gasteiger partial charge in [-0.3, -0.25) is 14.3 Å². The summed E-state index contributed by atoms with van der Waals surface area (Å²) in [5.41, 5.74) is 2.87. The number of likely N-dealkylation sites (tertiary alicyclic amines) is 1. The highest BCUT2D eigenvalue weighted by Gasteiger charge is 2.28. The largest absolute Gasteiger partial charge is 0.506 e. The second-order valence-corrected chi connectivity index (χ2v) is 13.6. The van der Waals surface area contributed by atoms with Crippen molar-refractivity contribution in [2.24, 2.45) is 0 Å². The van der Waals surface area contributed by atoms with E-state index in [1.54, 1.807) is 28.8 Å². The molecule has 11 nitrogen and oxygen atoms in total. The molecule has 0 spiro atoms.